The number of amides is 2. The largest absolute Gasteiger partial charge is 0.477 e. The van der Waals surface area contributed by atoms with Gasteiger partial charge in [-0.05, 0) is 24.3 Å². The molecule has 1 aromatic rings. The first-order chi connectivity index (χ1) is 32.4. The highest BCUT2D eigenvalue weighted by Gasteiger charge is 2.62. The summed E-state index contributed by atoms with van der Waals surface area (Å²) in [4.78, 5) is 50.6. The minimum Gasteiger partial charge on any atom is -0.477 e. The number of aliphatic hydroxyl groups is 12. The molecule has 0 bridgehead atoms. The molecule has 0 saturated carbocycles. The number of carbonyl (C=O) groups excluding carboxylic acids is 2. The number of hydrogen-bond donors (Lipinski definition) is 17. The average Bonchev–Trinajstić information content (AvgIpc) is 3.29. The molecule has 0 radical (unpaired) electrons. The van der Waals surface area contributed by atoms with Crippen molar-refractivity contribution < 1.29 is 129 Å². The lowest BCUT2D eigenvalue weighted by Gasteiger charge is -2.51. The van der Waals surface area contributed by atoms with Crippen molar-refractivity contribution in [1.82, 2.24) is 10.6 Å². The summed E-state index contributed by atoms with van der Waals surface area (Å²) in [6.07, 6.45) is -36.8. The molecule has 0 aromatic heterocycles. The Bertz CT molecular complexity index is 1890. The van der Waals surface area contributed by atoms with Gasteiger partial charge in [-0.3, -0.25) is 9.59 Å². The summed E-state index contributed by atoms with van der Waals surface area (Å²) in [7, 11) is 0. The Morgan fingerprint density at radius 1 is 0.710 bits per heavy atom. The predicted molar refractivity (Wildman–Crippen MR) is 219 cm³/mol. The summed E-state index contributed by atoms with van der Waals surface area (Å²) >= 11 is 0. The van der Waals surface area contributed by atoms with Crippen LogP contribution >= 0.6 is 0 Å². The zero-order valence-electron chi connectivity index (χ0n) is 37.0. The first-order valence-corrected chi connectivity index (χ1v) is 21.5. The summed E-state index contributed by atoms with van der Waals surface area (Å²) in [5, 5.41) is 156. The van der Waals surface area contributed by atoms with Crippen LogP contribution in [0.15, 0.2) is 24.3 Å². The predicted octanol–water partition coefficient (Wildman–Crippen LogP) is -8.35. The number of nitrogen functional groups attached to an aromatic ring is 1. The number of hydrogen-bond acceptors (Lipinski definition) is 25. The third-order valence-corrected chi connectivity index (χ3v) is 11.9. The van der Waals surface area contributed by atoms with Gasteiger partial charge in [-0.2, -0.15) is 0 Å². The Kier molecular flexibility index (Phi) is 19.0. The lowest BCUT2D eigenvalue weighted by molar-refractivity contribution is -0.386. The summed E-state index contributed by atoms with van der Waals surface area (Å²) in [6.45, 7) is -2.26. The van der Waals surface area contributed by atoms with Gasteiger partial charge in [-0.15, -0.1) is 0 Å². The number of anilines is 1. The van der Waals surface area contributed by atoms with E-state index >= 15 is 0 Å². The normalized spacial score (nSPS) is 39.6. The number of carboxylic acids is 2. The number of ether oxygens (including phenoxy) is 8. The van der Waals surface area contributed by atoms with Gasteiger partial charge in [-0.1, -0.05) is 0 Å². The van der Waals surface area contributed by atoms with E-state index in [-0.39, 0.29) is 5.75 Å². The van der Waals surface area contributed by atoms with Crippen LogP contribution in [0.5, 0.6) is 5.75 Å². The highest BCUT2D eigenvalue weighted by Crippen LogP contribution is 2.40. The number of aliphatic hydroxyl groups excluding tert-OH is 12. The van der Waals surface area contributed by atoms with E-state index < -0.39 is 197 Å². The van der Waals surface area contributed by atoms with Crippen molar-refractivity contribution in [1.29, 1.82) is 0 Å². The minimum absolute atomic E-state index is 0.132. The molecule has 4 heterocycles. The maximum Gasteiger partial charge on any atom is 0.364 e. The SMILES string of the molecule is CC(=O)NC1C(O)CC(OC(CO)[C@@H](O)C2OC(OC3C(O)C(CO)OC(OC4C(CO)OC(Oc5ccc(N)cc5)C(O)C4O)C3O)(C(=O)O)CC(O)C2NC(C)=O)(C(=O)O)OC1C[C@H](O)CO. The van der Waals surface area contributed by atoms with Gasteiger partial charge in [-0.25, -0.2) is 9.59 Å². The molecule has 1 aromatic carbocycles. The molecular formula is C40H61N3O26. The highest BCUT2D eigenvalue weighted by molar-refractivity contribution is 5.77. The van der Waals surface area contributed by atoms with Crippen molar-refractivity contribution >= 4 is 29.4 Å². The van der Waals surface area contributed by atoms with E-state index in [1.807, 2.05) is 0 Å². The van der Waals surface area contributed by atoms with Gasteiger partial charge in [0.25, 0.3) is 11.6 Å². The van der Waals surface area contributed by atoms with E-state index in [1.165, 1.54) is 24.3 Å². The maximum absolute atomic E-state index is 13.3. The van der Waals surface area contributed by atoms with Crippen LogP contribution in [0.1, 0.15) is 33.1 Å². The number of nitrogens with one attached hydrogen (secondary N) is 2. The van der Waals surface area contributed by atoms with Crippen LogP contribution in [0, 0.1) is 0 Å². The summed E-state index contributed by atoms with van der Waals surface area (Å²) in [5.41, 5.74) is 6.06. The fourth-order valence-corrected chi connectivity index (χ4v) is 8.51. The second-order valence-corrected chi connectivity index (χ2v) is 17.0. The lowest BCUT2D eigenvalue weighted by Crippen LogP contribution is -2.71. The van der Waals surface area contributed by atoms with E-state index in [0.29, 0.717) is 5.69 Å². The highest BCUT2D eigenvalue weighted by atomic mass is 16.8. The fourth-order valence-electron chi connectivity index (χ4n) is 8.51. The molecule has 392 valence electrons. The molecule has 69 heavy (non-hydrogen) atoms. The van der Waals surface area contributed by atoms with E-state index in [2.05, 4.69) is 10.6 Å². The van der Waals surface area contributed by atoms with E-state index in [9.17, 15) is 90.7 Å². The number of carboxylic acid groups (broad SMARTS) is 2. The zero-order chi connectivity index (χ0) is 51.3. The monoisotopic (exact) mass is 999 g/mol. The molecule has 4 saturated heterocycles. The Morgan fingerprint density at radius 3 is 1.83 bits per heavy atom. The molecule has 5 rings (SSSR count). The van der Waals surface area contributed by atoms with Crippen LogP contribution in [-0.2, 0) is 52.3 Å². The van der Waals surface area contributed by atoms with E-state index in [1.54, 1.807) is 0 Å². The molecular weight excluding hydrogens is 938 g/mol. The van der Waals surface area contributed by atoms with Crippen LogP contribution in [0.4, 0.5) is 5.69 Å². The van der Waals surface area contributed by atoms with Crippen LogP contribution in [-0.4, -0.2) is 249 Å². The number of nitrogens with two attached hydrogens (primary N) is 1. The molecule has 29 heteroatoms. The van der Waals surface area contributed by atoms with E-state index in [4.69, 9.17) is 43.6 Å². The summed E-state index contributed by atoms with van der Waals surface area (Å²) in [6, 6.07) is 2.52. The molecule has 19 unspecified atom stereocenters. The number of carbonyl (C=O) groups is 4. The fraction of sp³-hybridized carbons (Fsp3) is 0.750. The Morgan fingerprint density at radius 2 is 1.28 bits per heavy atom. The van der Waals surface area contributed by atoms with Crippen LogP contribution in [0.2, 0.25) is 0 Å². The van der Waals surface area contributed by atoms with E-state index in [0.717, 1.165) is 13.8 Å². The number of rotatable bonds is 20. The first-order valence-electron chi connectivity index (χ1n) is 21.5. The second kappa shape index (κ2) is 23.4. The number of aliphatic carboxylic acids is 2. The van der Waals surface area contributed by atoms with Crippen LogP contribution in [0.3, 0.4) is 0 Å². The van der Waals surface area contributed by atoms with Gasteiger partial charge in [0.15, 0.2) is 6.29 Å². The third-order valence-electron chi connectivity index (χ3n) is 11.9. The molecule has 29 nitrogen and oxygen atoms in total. The quantitative estimate of drug-likeness (QED) is 0.0539. The smallest absolute Gasteiger partial charge is 0.364 e. The first kappa shape index (κ1) is 55.9. The molecule has 4 aliphatic heterocycles. The topological polar surface area (TPSA) is 475 Å². The maximum atomic E-state index is 13.3. The molecule has 4 fully saturated rings. The molecule has 0 spiro atoms. The minimum atomic E-state index is -3.31. The van der Waals surface area contributed by atoms with Crippen molar-refractivity contribution in [2.45, 2.75) is 161 Å². The van der Waals surface area contributed by atoms with Gasteiger partial charge < -0.3 is 126 Å². The molecule has 2 amide bonds. The molecule has 21 atom stereocenters. The zero-order valence-corrected chi connectivity index (χ0v) is 37.0. The summed E-state index contributed by atoms with van der Waals surface area (Å²) < 4.78 is 45.4. The van der Waals surface area contributed by atoms with Gasteiger partial charge in [0, 0.05) is 38.8 Å². The van der Waals surface area contributed by atoms with Gasteiger partial charge in [0.05, 0.1) is 62.9 Å². The average molecular weight is 1000 g/mol. The van der Waals surface area contributed by atoms with Crippen LogP contribution in [0.25, 0.3) is 0 Å². The Hall–Kier alpha value is -4.06. The molecule has 4 aliphatic rings. The lowest BCUT2D eigenvalue weighted by atomic mass is 9.87. The molecule has 0 aliphatic carbocycles. The Labute approximate surface area is 391 Å². The molecule has 18 N–H and O–H groups in total. The number of benzene rings is 1. The van der Waals surface area contributed by atoms with Crippen molar-refractivity contribution in [3.05, 3.63) is 24.3 Å². The second-order valence-electron chi connectivity index (χ2n) is 17.0. The van der Waals surface area contributed by atoms with Crippen LogP contribution < -0.4 is 21.1 Å². The van der Waals surface area contributed by atoms with Gasteiger partial charge in [0.1, 0.15) is 72.9 Å². The summed E-state index contributed by atoms with van der Waals surface area (Å²) in [5.74, 6) is -12.0. The third kappa shape index (κ3) is 12.5. The van der Waals surface area contributed by atoms with Crippen molar-refractivity contribution in [3.63, 3.8) is 0 Å². The van der Waals surface area contributed by atoms with Crippen molar-refractivity contribution in [2.75, 3.05) is 32.2 Å². The van der Waals surface area contributed by atoms with Crippen molar-refractivity contribution in [3.8, 4) is 5.75 Å². The van der Waals surface area contributed by atoms with Gasteiger partial charge in [0.2, 0.25) is 18.1 Å². The van der Waals surface area contributed by atoms with Gasteiger partial charge >= 0.3 is 11.9 Å². The standard InChI is InChI=1S/C40H61N3O26/c1-14(48)42-25-19(51)8-39(37(58)59,66-21(25)7-17(50)10-44)67-23(12-46)28(54)33-26(43-15(2)49)20(52)9-40(68-33,38(60)61)69-34-27(53)22(11-45)63-36(31(34)57)65-32-24(13-47)64-35(30(56)29(32)55)62-18-5-3-16(41)4-6-18/h3-6,17,19-36,44-47,50-57H,7-13,41H2,1-2H3,(H,42,48)(H,43,49)(H,58,59)(H,60,61)/t17-,19?,20?,21?,22?,23?,24?,25?,26?,27?,28+,29?,30?,31?,32?,33?,34?,35?,36?,39?,40?/m0/s1. The van der Waals surface area contributed by atoms with Crippen molar-refractivity contribution in [2.24, 2.45) is 0 Å². The Balaban J connectivity index is 1.44.